The first-order valence-corrected chi connectivity index (χ1v) is 11.0. The van der Waals surface area contributed by atoms with Crippen molar-refractivity contribution < 1.29 is 0 Å². The lowest BCUT2D eigenvalue weighted by molar-refractivity contribution is 0.238. The lowest BCUT2D eigenvalue weighted by Crippen LogP contribution is -2.46. The fraction of sp³-hybridized carbons (Fsp3) is 0.667. The Morgan fingerprint density at radius 2 is 1.67 bits per heavy atom. The van der Waals surface area contributed by atoms with E-state index in [1.165, 1.54) is 88.9 Å². The van der Waals surface area contributed by atoms with Crippen molar-refractivity contribution in [3.8, 4) is 0 Å². The van der Waals surface area contributed by atoms with E-state index in [-0.39, 0.29) is 12.4 Å². The Morgan fingerprint density at radius 1 is 0.963 bits per heavy atom. The molecule has 1 aliphatic heterocycles. The Bertz CT molecular complexity index is 598. The van der Waals surface area contributed by atoms with Crippen LogP contribution in [0.25, 0.3) is 5.57 Å². The van der Waals surface area contributed by atoms with Crippen molar-refractivity contribution in [1.29, 1.82) is 0 Å². The van der Waals surface area contributed by atoms with Crippen LogP contribution in [0.15, 0.2) is 30.3 Å². The summed E-state index contributed by atoms with van der Waals surface area (Å²) in [4.78, 5) is 5.26. The van der Waals surface area contributed by atoms with Crippen LogP contribution in [0, 0.1) is 5.41 Å². The molecular formula is C24H39ClN2. The number of piperazine rings is 1. The quantitative estimate of drug-likeness (QED) is 0.531. The van der Waals surface area contributed by atoms with Gasteiger partial charge in [-0.3, -0.25) is 4.90 Å². The number of hydrogen-bond acceptors (Lipinski definition) is 2. The predicted octanol–water partition coefficient (Wildman–Crippen LogP) is 6.40. The summed E-state index contributed by atoms with van der Waals surface area (Å²) in [5, 5.41) is 0. The molecule has 1 aliphatic carbocycles. The molecule has 2 aliphatic rings. The molecule has 1 aromatic carbocycles. The zero-order chi connectivity index (χ0) is 18.4. The van der Waals surface area contributed by atoms with Crippen molar-refractivity contribution in [2.24, 2.45) is 5.41 Å². The Balaban J connectivity index is 0.00000261. The highest BCUT2D eigenvalue weighted by molar-refractivity contribution is 5.85. The predicted molar refractivity (Wildman–Crippen MR) is 122 cm³/mol. The van der Waals surface area contributed by atoms with Gasteiger partial charge in [0.2, 0.25) is 0 Å². The lowest BCUT2D eigenvalue weighted by atomic mass is 9.70. The van der Waals surface area contributed by atoms with Gasteiger partial charge in [0.05, 0.1) is 0 Å². The largest absolute Gasteiger partial charge is 0.368 e. The molecule has 0 unspecified atom stereocenters. The Labute approximate surface area is 173 Å². The third-order valence-electron chi connectivity index (χ3n) is 7.00. The van der Waals surface area contributed by atoms with Gasteiger partial charge in [0.25, 0.3) is 0 Å². The Hall–Kier alpha value is -0.990. The van der Waals surface area contributed by atoms with Crippen molar-refractivity contribution in [3.63, 3.8) is 0 Å². The minimum atomic E-state index is 0. The maximum absolute atomic E-state index is 2.64. The van der Waals surface area contributed by atoms with E-state index in [2.05, 4.69) is 60.9 Å². The number of nitrogens with zero attached hydrogens (tertiary/aromatic N) is 2. The van der Waals surface area contributed by atoms with Crippen molar-refractivity contribution in [3.05, 3.63) is 35.9 Å². The van der Waals surface area contributed by atoms with E-state index in [4.69, 9.17) is 0 Å². The zero-order valence-electron chi connectivity index (χ0n) is 17.7. The molecule has 1 heterocycles. The highest BCUT2D eigenvalue weighted by Gasteiger charge is 2.29. The van der Waals surface area contributed by atoms with Crippen molar-refractivity contribution in [1.82, 2.24) is 4.90 Å². The van der Waals surface area contributed by atoms with Gasteiger partial charge in [-0.05, 0) is 49.3 Å². The third kappa shape index (κ3) is 5.29. The first kappa shape index (κ1) is 22.3. The van der Waals surface area contributed by atoms with Gasteiger partial charge in [-0.1, -0.05) is 64.3 Å². The van der Waals surface area contributed by atoms with E-state index in [1.807, 2.05) is 0 Å². The molecule has 152 valence electrons. The molecule has 1 aromatic rings. The summed E-state index contributed by atoms with van der Waals surface area (Å²) < 4.78 is 0. The summed E-state index contributed by atoms with van der Waals surface area (Å²) >= 11 is 0. The van der Waals surface area contributed by atoms with Crippen LogP contribution in [0.1, 0.15) is 71.3 Å². The van der Waals surface area contributed by atoms with Crippen LogP contribution in [-0.4, -0.2) is 37.6 Å². The highest BCUT2D eigenvalue weighted by Crippen LogP contribution is 2.44. The number of benzene rings is 1. The van der Waals surface area contributed by atoms with Crippen LogP contribution in [0.5, 0.6) is 0 Å². The van der Waals surface area contributed by atoms with Crippen molar-refractivity contribution in [2.45, 2.75) is 65.7 Å². The van der Waals surface area contributed by atoms with Crippen LogP contribution < -0.4 is 4.90 Å². The number of halogens is 1. The number of unbranched alkanes of at least 4 members (excludes halogenated alkanes) is 1. The fourth-order valence-corrected chi connectivity index (χ4v) is 4.70. The SMILES string of the molecule is CCCCN1CCN(c2ccccc2C2=CCC(CC)(CC)CC2)CC1.Cl. The number of rotatable bonds is 7. The Morgan fingerprint density at radius 3 is 2.26 bits per heavy atom. The molecule has 0 bridgehead atoms. The monoisotopic (exact) mass is 390 g/mol. The zero-order valence-corrected chi connectivity index (χ0v) is 18.5. The standard InChI is InChI=1S/C24H38N2.ClH/c1-4-7-16-25-17-19-26(20-18-25)23-11-9-8-10-22(23)21-12-14-24(5-2,6-3)15-13-21;/h8-12H,4-7,13-20H2,1-3H3;1H. The third-order valence-corrected chi connectivity index (χ3v) is 7.00. The first-order valence-electron chi connectivity index (χ1n) is 11.0. The van der Waals surface area contributed by atoms with E-state index in [1.54, 1.807) is 5.57 Å². The van der Waals surface area contributed by atoms with E-state index in [0.29, 0.717) is 5.41 Å². The lowest BCUT2D eigenvalue weighted by Gasteiger charge is -2.38. The normalized spacial score (nSPS) is 20.1. The number of anilines is 1. The molecule has 0 atom stereocenters. The minimum Gasteiger partial charge on any atom is -0.368 e. The molecule has 3 heteroatoms. The molecule has 1 saturated heterocycles. The summed E-state index contributed by atoms with van der Waals surface area (Å²) in [6, 6.07) is 9.14. The molecule has 0 amide bonds. The Kier molecular flexibility index (Phi) is 8.69. The van der Waals surface area contributed by atoms with E-state index in [0.717, 1.165) is 0 Å². The maximum atomic E-state index is 2.64. The molecule has 3 rings (SSSR count). The summed E-state index contributed by atoms with van der Waals surface area (Å²) in [7, 11) is 0. The van der Waals surface area contributed by atoms with E-state index < -0.39 is 0 Å². The van der Waals surface area contributed by atoms with Gasteiger partial charge < -0.3 is 4.90 Å². The molecule has 1 fully saturated rings. The maximum Gasteiger partial charge on any atom is 0.0443 e. The molecule has 2 nitrogen and oxygen atoms in total. The average Bonchev–Trinajstić information content (AvgIpc) is 2.73. The van der Waals surface area contributed by atoms with E-state index >= 15 is 0 Å². The van der Waals surface area contributed by atoms with Gasteiger partial charge in [0.1, 0.15) is 0 Å². The van der Waals surface area contributed by atoms with Gasteiger partial charge >= 0.3 is 0 Å². The van der Waals surface area contributed by atoms with Gasteiger partial charge in [-0.2, -0.15) is 0 Å². The molecule has 0 N–H and O–H groups in total. The minimum absolute atomic E-state index is 0. The van der Waals surface area contributed by atoms with Gasteiger partial charge in [-0.25, -0.2) is 0 Å². The smallest absolute Gasteiger partial charge is 0.0443 e. The summed E-state index contributed by atoms with van der Waals surface area (Å²) in [5.74, 6) is 0. The second kappa shape index (κ2) is 10.5. The van der Waals surface area contributed by atoms with Crippen molar-refractivity contribution >= 4 is 23.7 Å². The van der Waals surface area contributed by atoms with Crippen LogP contribution in [-0.2, 0) is 0 Å². The number of allylic oxidation sites excluding steroid dienone is 2. The second-order valence-corrected chi connectivity index (χ2v) is 8.34. The van der Waals surface area contributed by atoms with E-state index in [9.17, 15) is 0 Å². The highest BCUT2D eigenvalue weighted by atomic mass is 35.5. The number of hydrogen-bond donors (Lipinski definition) is 0. The van der Waals surface area contributed by atoms with Crippen LogP contribution >= 0.6 is 12.4 Å². The first-order chi connectivity index (χ1) is 12.7. The fourth-order valence-electron chi connectivity index (χ4n) is 4.70. The number of para-hydroxylation sites is 1. The van der Waals surface area contributed by atoms with Gasteiger partial charge in [-0.15, -0.1) is 12.4 Å². The topological polar surface area (TPSA) is 6.48 Å². The molecular weight excluding hydrogens is 352 g/mol. The molecule has 0 saturated carbocycles. The summed E-state index contributed by atoms with van der Waals surface area (Å²) in [6.45, 7) is 13.1. The molecule has 0 spiro atoms. The summed E-state index contributed by atoms with van der Waals surface area (Å²) in [6.07, 6.45) is 11.7. The van der Waals surface area contributed by atoms with Crippen molar-refractivity contribution in [2.75, 3.05) is 37.6 Å². The van der Waals surface area contributed by atoms with Crippen LogP contribution in [0.3, 0.4) is 0 Å². The second-order valence-electron chi connectivity index (χ2n) is 8.34. The molecule has 0 radical (unpaired) electrons. The average molecular weight is 391 g/mol. The molecule has 27 heavy (non-hydrogen) atoms. The van der Waals surface area contributed by atoms with Crippen LogP contribution in [0.4, 0.5) is 5.69 Å². The molecule has 0 aromatic heterocycles. The summed E-state index contributed by atoms with van der Waals surface area (Å²) in [5.41, 5.74) is 5.11. The van der Waals surface area contributed by atoms with Gasteiger partial charge in [0, 0.05) is 37.4 Å². The van der Waals surface area contributed by atoms with Gasteiger partial charge in [0.15, 0.2) is 0 Å². The van der Waals surface area contributed by atoms with Crippen LogP contribution in [0.2, 0.25) is 0 Å².